The number of anilines is 1. The van der Waals surface area contributed by atoms with Gasteiger partial charge in [0, 0.05) is 18.2 Å². The SMILES string of the molecule is Cc1ccc(F)c(C(NN)c2cnn(C)c2N)c1F. The zero-order chi connectivity index (χ0) is 14.2. The number of nitrogen functional groups attached to an aromatic ring is 1. The lowest BCUT2D eigenvalue weighted by atomic mass is 9.98. The van der Waals surface area contributed by atoms with E-state index in [1.54, 1.807) is 14.0 Å². The van der Waals surface area contributed by atoms with Crippen LogP contribution in [0.5, 0.6) is 0 Å². The van der Waals surface area contributed by atoms with Crippen molar-refractivity contribution < 1.29 is 8.78 Å². The molecule has 2 rings (SSSR count). The third-order valence-electron chi connectivity index (χ3n) is 3.10. The summed E-state index contributed by atoms with van der Waals surface area (Å²) in [5.41, 5.74) is 8.79. The number of rotatable bonds is 3. The Morgan fingerprint density at radius 1 is 1.37 bits per heavy atom. The van der Waals surface area contributed by atoms with Gasteiger partial charge >= 0.3 is 0 Å². The normalized spacial score (nSPS) is 12.7. The van der Waals surface area contributed by atoms with Crippen LogP contribution < -0.4 is 17.0 Å². The Morgan fingerprint density at radius 2 is 2.05 bits per heavy atom. The van der Waals surface area contributed by atoms with Gasteiger partial charge in [0.1, 0.15) is 17.5 Å². The fourth-order valence-corrected chi connectivity index (χ4v) is 1.96. The summed E-state index contributed by atoms with van der Waals surface area (Å²) in [6, 6.07) is 1.67. The monoisotopic (exact) mass is 267 g/mol. The number of nitrogens with zero attached hydrogens (tertiary/aromatic N) is 2. The average Bonchev–Trinajstić information content (AvgIpc) is 2.71. The third-order valence-corrected chi connectivity index (χ3v) is 3.10. The molecule has 1 atom stereocenters. The summed E-state index contributed by atoms with van der Waals surface area (Å²) < 4.78 is 29.4. The number of hydrogen-bond acceptors (Lipinski definition) is 4. The van der Waals surface area contributed by atoms with Crippen molar-refractivity contribution >= 4 is 5.82 Å². The van der Waals surface area contributed by atoms with Crippen molar-refractivity contribution in [1.82, 2.24) is 15.2 Å². The first-order chi connectivity index (χ1) is 8.97. The number of hydrogen-bond donors (Lipinski definition) is 3. The minimum atomic E-state index is -0.895. The van der Waals surface area contributed by atoms with Crippen LogP contribution in [0.2, 0.25) is 0 Å². The summed E-state index contributed by atoms with van der Waals surface area (Å²) in [6.45, 7) is 1.55. The maximum atomic E-state index is 14.1. The highest BCUT2D eigenvalue weighted by Crippen LogP contribution is 2.30. The standard InChI is InChI=1S/C12H15F2N5/c1-6-3-4-8(13)9(10(6)14)11(18-16)7-5-17-19(2)12(7)15/h3-5,11,18H,15-16H2,1-2H3. The highest BCUT2D eigenvalue weighted by atomic mass is 19.1. The lowest BCUT2D eigenvalue weighted by molar-refractivity contribution is 0.507. The predicted octanol–water partition coefficient (Wildman–Crippen LogP) is 1.14. The average molecular weight is 267 g/mol. The Morgan fingerprint density at radius 3 is 2.58 bits per heavy atom. The van der Waals surface area contributed by atoms with Crippen molar-refractivity contribution in [3.05, 3.63) is 46.7 Å². The topological polar surface area (TPSA) is 81.9 Å². The van der Waals surface area contributed by atoms with E-state index in [9.17, 15) is 8.78 Å². The maximum Gasteiger partial charge on any atom is 0.134 e. The van der Waals surface area contributed by atoms with E-state index in [2.05, 4.69) is 10.5 Å². The van der Waals surface area contributed by atoms with E-state index in [1.165, 1.54) is 23.0 Å². The summed E-state index contributed by atoms with van der Waals surface area (Å²) in [4.78, 5) is 0. The van der Waals surface area contributed by atoms with Gasteiger partial charge in [-0.2, -0.15) is 5.10 Å². The predicted molar refractivity (Wildman–Crippen MR) is 67.9 cm³/mol. The van der Waals surface area contributed by atoms with Gasteiger partial charge in [0.25, 0.3) is 0 Å². The van der Waals surface area contributed by atoms with Crippen LogP contribution in [0.25, 0.3) is 0 Å². The lowest BCUT2D eigenvalue weighted by Gasteiger charge is -2.18. The van der Waals surface area contributed by atoms with E-state index < -0.39 is 17.7 Å². The summed E-state index contributed by atoms with van der Waals surface area (Å²) in [5, 5.41) is 3.94. The minimum Gasteiger partial charge on any atom is -0.384 e. The molecule has 1 aromatic carbocycles. The summed E-state index contributed by atoms with van der Waals surface area (Å²) in [5.74, 6) is 4.39. The number of aromatic nitrogens is 2. The molecule has 0 aliphatic heterocycles. The molecule has 19 heavy (non-hydrogen) atoms. The Hall–Kier alpha value is -1.99. The lowest BCUT2D eigenvalue weighted by Crippen LogP contribution is -2.31. The third kappa shape index (κ3) is 2.18. The highest BCUT2D eigenvalue weighted by Gasteiger charge is 2.25. The summed E-state index contributed by atoms with van der Waals surface area (Å²) >= 11 is 0. The Bertz CT molecular complexity index is 608. The Balaban J connectivity index is 2.61. The van der Waals surface area contributed by atoms with Gasteiger partial charge in [-0.3, -0.25) is 10.5 Å². The first kappa shape index (κ1) is 13.4. The number of benzene rings is 1. The molecule has 102 valence electrons. The van der Waals surface area contributed by atoms with Crippen molar-refractivity contribution in [1.29, 1.82) is 0 Å². The van der Waals surface area contributed by atoms with E-state index >= 15 is 0 Å². The Labute approximate surface area is 109 Å². The Kier molecular flexibility index (Phi) is 3.50. The number of halogens is 2. The molecular formula is C12H15F2N5. The van der Waals surface area contributed by atoms with Crippen LogP contribution in [-0.2, 0) is 7.05 Å². The zero-order valence-electron chi connectivity index (χ0n) is 10.6. The van der Waals surface area contributed by atoms with Crippen molar-refractivity contribution in [2.24, 2.45) is 12.9 Å². The van der Waals surface area contributed by atoms with Crippen LogP contribution >= 0.6 is 0 Å². The number of nitrogens with one attached hydrogen (secondary N) is 1. The van der Waals surface area contributed by atoms with Gasteiger partial charge in [-0.05, 0) is 18.6 Å². The van der Waals surface area contributed by atoms with E-state index in [-0.39, 0.29) is 5.56 Å². The molecule has 0 aliphatic carbocycles. The molecule has 5 N–H and O–H groups in total. The molecule has 0 saturated carbocycles. The molecule has 0 saturated heterocycles. The fraction of sp³-hybridized carbons (Fsp3) is 0.250. The van der Waals surface area contributed by atoms with Gasteiger partial charge in [-0.1, -0.05) is 6.07 Å². The zero-order valence-corrected chi connectivity index (χ0v) is 10.6. The summed E-state index contributed by atoms with van der Waals surface area (Å²) in [6.07, 6.45) is 1.43. The first-order valence-corrected chi connectivity index (χ1v) is 5.65. The van der Waals surface area contributed by atoms with Crippen molar-refractivity contribution in [2.45, 2.75) is 13.0 Å². The molecule has 7 heteroatoms. The first-order valence-electron chi connectivity index (χ1n) is 5.65. The van der Waals surface area contributed by atoms with Crippen LogP contribution in [0, 0.1) is 18.6 Å². The summed E-state index contributed by atoms with van der Waals surface area (Å²) in [7, 11) is 1.63. The van der Waals surface area contributed by atoms with Gasteiger partial charge in [0.15, 0.2) is 0 Å². The largest absolute Gasteiger partial charge is 0.384 e. The van der Waals surface area contributed by atoms with E-state index in [0.29, 0.717) is 16.9 Å². The van der Waals surface area contributed by atoms with Crippen LogP contribution in [0.1, 0.15) is 22.7 Å². The molecule has 0 amide bonds. The van der Waals surface area contributed by atoms with Crippen LogP contribution in [0.15, 0.2) is 18.3 Å². The minimum absolute atomic E-state index is 0.165. The van der Waals surface area contributed by atoms with Gasteiger partial charge in [-0.25, -0.2) is 14.2 Å². The number of nitrogens with two attached hydrogens (primary N) is 2. The molecule has 2 aromatic rings. The second kappa shape index (κ2) is 4.94. The van der Waals surface area contributed by atoms with Gasteiger partial charge in [-0.15, -0.1) is 0 Å². The van der Waals surface area contributed by atoms with Crippen LogP contribution in [-0.4, -0.2) is 9.78 Å². The molecule has 5 nitrogen and oxygen atoms in total. The smallest absolute Gasteiger partial charge is 0.134 e. The molecule has 0 radical (unpaired) electrons. The van der Waals surface area contributed by atoms with Crippen LogP contribution in [0.4, 0.5) is 14.6 Å². The maximum absolute atomic E-state index is 14.1. The van der Waals surface area contributed by atoms with Gasteiger partial charge in [0.05, 0.1) is 12.2 Å². The number of aryl methyl sites for hydroxylation is 2. The number of hydrazine groups is 1. The fourth-order valence-electron chi connectivity index (χ4n) is 1.96. The molecule has 0 spiro atoms. The molecule has 1 unspecified atom stereocenters. The van der Waals surface area contributed by atoms with Crippen LogP contribution in [0.3, 0.4) is 0 Å². The molecule has 1 aromatic heterocycles. The molecule has 0 bridgehead atoms. The van der Waals surface area contributed by atoms with E-state index in [1.807, 2.05) is 0 Å². The second-order valence-corrected chi connectivity index (χ2v) is 4.30. The van der Waals surface area contributed by atoms with Crippen molar-refractivity contribution in [2.75, 3.05) is 5.73 Å². The molecule has 0 fully saturated rings. The van der Waals surface area contributed by atoms with Crippen molar-refractivity contribution in [3.8, 4) is 0 Å². The highest BCUT2D eigenvalue weighted by molar-refractivity contribution is 5.46. The second-order valence-electron chi connectivity index (χ2n) is 4.30. The van der Waals surface area contributed by atoms with Crippen molar-refractivity contribution in [3.63, 3.8) is 0 Å². The molecule has 1 heterocycles. The molecule has 0 aliphatic rings. The van der Waals surface area contributed by atoms with E-state index in [0.717, 1.165) is 0 Å². The molecular weight excluding hydrogens is 252 g/mol. The van der Waals surface area contributed by atoms with Gasteiger partial charge < -0.3 is 5.73 Å². The quantitative estimate of drug-likeness (QED) is 0.575. The van der Waals surface area contributed by atoms with E-state index in [4.69, 9.17) is 11.6 Å². The van der Waals surface area contributed by atoms with Gasteiger partial charge in [0.2, 0.25) is 0 Å².